The van der Waals surface area contributed by atoms with Crippen molar-refractivity contribution in [1.82, 2.24) is 0 Å². The molecule has 2 unspecified atom stereocenters. The third-order valence-corrected chi connectivity index (χ3v) is 6.01. The van der Waals surface area contributed by atoms with Crippen LogP contribution in [0.1, 0.15) is 69.9 Å². The highest BCUT2D eigenvalue weighted by Gasteiger charge is 2.30. The van der Waals surface area contributed by atoms with Gasteiger partial charge in [0.1, 0.15) is 24.7 Å². The highest BCUT2D eigenvalue weighted by molar-refractivity contribution is 5.52. The molecular weight excluding hydrogens is 400 g/mol. The fourth-order valence-corrected chi connectivity index (χ4v) is 4.31. The largest absolute Gasteiger partial charge is 0.507 e. The summed E-state index contributed by atoms with van der Waals surface area (Å²) in [4.78, 5) is 0. The topological polar surface area (TPSA) is 47.9 Å². The molecule has 0 aliphatic heterocycles. The molecule has 0 heterocycles. The molecule has 32 heavy (non-hydrogen) atoms. The van der Waals surface area contributed by atoms with Crippen LogP contribution in [0.25, 0.3) is 0 Å². The number of allylic oxidation sites excluding steroid dienone is 3. The van der Waals surface area contributed by atoms with Crippen LogP contribution >= 0.6 is 0 Å². The standard InChI is InChI=1S/C28H40O4/c1-6-8-9-10-23-19-26(29)28(25-18-22(5)11-12-24(25)21(3)4)27(20-23)32-17-16-31-15-14-30-13-7-2/h2,18-20,24-25,29H,3,6,8-17H2,1,4-5H3. The van der Waals surface area contributed by atoms with Crippen LogP contribution in [0, 0.1) is 18.3 Å². The molecule has 1 aliphatic carbocycles. The number of hydrogen-bond donors (Lipinski definition) is 1. The Balaban J connectivity index is 2.18. The van der Waals surface area contributed by atoms with Gasteiger partial charge in [-0.3, -0.25) is 0 Å². The van der Waals surface area contributed by atoms with Crippen molar-refractivity contribution in [3.05, 3.63) is 47.1 Å². The van der Waals surface area contributed by atoms with Crippen LogP contribution in [-0.2, 0) is 15.9 Å². The molecule has 0 spiro atoms. The van der Waals surface area contributed by atoms with Crippen LogP contribution in [0.4, 0.5) is 0 Å². The van der Waals surface area contributed by atoms with Gasteiger partial charge in [-0.1, -0.05) is 49.5 Å². The van der Waals surface area contributed by atoms with Gasteiger partial charge in [0.05, 0.1) is 19.8 Å². The molecule has 176 valence electrons. The highest BCUT2D eigenvalue weighted by Crippen LogP contribution is 2.47. The summed E-state index contributed by atoms with van der Waals surface area (Å²) in [6, 6.07) is 4.03. The van der Waals surface area contributed by atoms with Gasteiger partial charge < -0.3 is 19.3 Å². The summed E-state index contributed by atoms with van der Waals surface area (Å²) in [5.41, 5.74) is 4.47. The maximum absolute atomic E-state index is 11.1. The van der Waals surface area contributed by atoms with E-state index in [1.807, 2.05) is 6.07 Å². The maximum Gasteiger partial charge on any atom is 0.127 e. The van der Waals surface area contributed by atoms with Crippen molar-refractivity contribution >= 4 is 0 Å². The number of hydrogen-bond acceptors (Lipinski definition) is 4. The van der Waals surface area contributed by atoms with Gasteiger partial charge in [0.2, 0.25) is 0 Å². The molecule has 1 aromatic rings. The monoisotopic (exact) mass is 440 g/mol. The molecule has 0 saturated carbocycles. The molecule has 0 aromatic heterocycles. The fraction of sp³-hybridized carbons (Fsp3) is 0.571. The number of ether oxygens (including phenoxy) is 3. The predicted octanol–water partition coefficient (Wildman–Crippen LogP) is 6.19. The van der Waals surface area contributed by atoms with E-state index in [-0.39, 0.29) is 5.92 Å². The number of phenols is 1. The van der Waals surface area contributed by atoms with Crippen LogP contribution in [0.2, 0.25) is 0 Å². The van der Waals surface area contributed by atoms with E-state index >= 15 is 0 Å². The second-order valence-electron chi connectivity index (χ2n) is 8.73. The molecule has 1 aromatic carbocycles. The van der Waals surface area contributed by atoms with Crippen LogP contribution in [0.15, 0.2) is 35.9 Å². The zero-order valence-corrected chi connectivity index (χ0v) is 20.1. The summed E-state index contributed by atoms with van der Waals surface area (Å²) >= 11 is 0. The summed E-state index contributed by atoms with van der Waals surface area (Å²) in [5, 5.41) is 11.1. The number of aromatic hydroxyl groups is 1. The second kappa shape index (κ2) is 14.0. The number of terminal acetylenes is 1. The molecule has 0 saturated heterocycles. The molecule has 1 N–H and O–H groups in total. The van der Waals surface area contributed by atoms with Crippen LogP contribution in [-0.4, -0.2) is 38.1 Å². The number of aryl methyl sites for hydroxylation is 1. The Bertz CT molecular complexity index is 802. The zero-order valence-electron chi connectivity index (χ0n) is 20.1. The molecule has 0 amide bonds. The Morgan fingerprint density at radius 3 is 2.66 bits per heavy atom. The Hall–Kier alpha value is -2.22. The van der Waals surface area contributed by atoms with Gasteiger partial charge >= 0.3 is 0 Å². The van der Waals surface area contributed by atoms with E-state index < -0.39 is 0 Å². The predicted molar refractivity (Wildman–Crippen MR) is 131 cm³/mol. The molecule has 0 radical (unpaired) electrons. The van der Waals surface area contributed by atoms with Gasteiger partial charge in [-0.15, -0.1) is 6.42 Å². The summed E-state index contributed by atoms with van der Waals surface area (Å²) in [6.07, 6.45) is 13.9. The van der Waals surface area contributed by atoms with Gasteiger partial charge in [0, 0.05) is 11.5 Å². The Morgan fingerprint density at radius 1 is 1.19 bits per heavy atom. The van der Waals surface area contributed by atoms with E-state index in [9.17, 15) is 5.11 Å². The van der Waals surface area contributed by atoms with Crippen molar-refractivity contribution in [2.24, 2.45) is 5.92 Å². The molecule has 2 rings (SSSR count). The van der Waals surface area contributed by atoms with E-state index in [1.165, 1.54) is 18.4 Å². The Morgan fingerprint density at radius 2 is 1.94 bits per heavy atom. The average molecular weight is 441 g/mol. The summed E-state index contributed by atoms with van der Waals surface area (Å²) in [5.74, 6) is 3.87. The molecule has 0 fully saturated rings. The van der Waals surface area contributed by atoms with Crippen molar-refractivity contribution in [1.29, 1.82) is 0 Å². The van der Waals surface area contributed by atoms with Crippen LogP contribution < -0.4 is 4.74 Å². The van der Waals surface area contributed by atoms with Crippen molar-refractivity contribution in [2.75, 3.05) is 33.0 Å². The lowest BCUT2D eigenvalue weighted by Gasteiger charge is -2.32. The normalized spacial score (nSPS) is 18.1. The fourth-order valence-electron chi connectivity index (χ4n) is 4.31. The summed E-state index contributed by atoms with van der Waals surface area (Å²) < 4.78 is 17.0. The first-order valence-corrected chi connectivity index (χ1v) is 11.9. The molecular formula is C28H40O4. The lowest BCUT2D eigenvalue weighted by Crippen LogP contribution is -2.19. The van der Waals surface area contributed by atoms with E-state index in [2.05, 4.69) is 45.4 Å². The van der Waals surface area contributed by atoms with E-state index in [4.69, 9.17) is 20.6 Å². The van der Waals surface area contributed by atoms with Gasteiger partial charge in [0.15, 0.2) is 0 Å². The molecule has 4 nitrogen and oxygen atoms in total. The van der Waals surface area contributed by atoms with Crippen LogP contribution in [0.5, 0.6) is 11.5 Å². The van der Waals surface area contributed by atoms with Crippen molar-refractivity contribution in [3.8, 4) is 23.8 Å². The van der Waals surface area contributed by atoms with Gasteiger partial charge in [-0.05, 0) is 63.1 Å². The minimum Gasteiger partial charge on any atom is -0.507 e. The maximum atomic E-state index is 11.1. The van der Waals surface area contributed by atoms with Crippen molar-refractivity contribution < 1.29 is 19.3 Å². The van der Waals surface area contributed by atoms with Crippen molar-refractivity contribution in [2.45, 2.75) is 65.2 Å². The van der Waals surface area contributed by atoms with E-state index in [1.54, 1.807) is 0 Å². The third kappa shape index (κ3) is 8.04. The zero-order chi connectivity index (χ0) is 23.3. The first kappa shape index (κ1) is 26.0. The molecule has 1 aliphatic rings. The molecule has 0 bridgehead atoms. The number of rotatable bonds is 14. The van der Waals surface area contributed by atoms with Crippen molar-refractivity contribution in [3.63, 3.8) is 0 Å². The minimum atomic E-state index is 0.0685. The van der Waals surface area contributed by atoms with Crippen LogP contribution in [0.3, 0.4) is 0 Å². The second-order valence-corrected chi connectivity index (χ2v) is 8.73. The Kier molecular flexibility index (Phi) is 11.4. The molecule has 4 heteroatoms. The highest BCUT2D eigenvalue weighted by atomic mass is 16.5. The van der Waals surface area contributed by atoms with Gasteiger partial charge in [0.25, 0.3) is 0 Å². The Labute approximate surface area is 194 Å². The third-order valence-electron chi connectivity index (χ3n) is 6.01. The quantitative estimate of drug-likeness (QED) is 0.213. The summed E-state index contributed by atoms with van der Waals surface area (Å²) in [7, 11) is 0. The van der Waals surface area contributed by atoms with Gasteiger partial charge in [-0.2, -0.15) is 0 Å². The number of benzene rings is 1. The lowest BCUT2D eigenvalue weighted by molar-refractivity contribution is 0.0460. The smallest absolute Gasteiger partial charge is 0.127 e. The van der Waals surface area contributed by atoms with E-state index in [0.29, 0.717) is 44.7 Å². The average Bonchev–Trinajstić information content (AvgIpc) is 2.75. The molecule has 2 atom stereocenters. The first-order chi connectivity index (χ1) is 15.5. The number of phenolic OH excluding ortho intramolecular Hbond substituents is 1. The van der Waals surface area contributed by atoms with E-state index in [0.717, 1.165) is 48.1 Å². The SMILES string of the molecule is C#CCOCCOCCOc1cc(CCCCC)cc(O)c1C1C=C(C)CCC1C(=C)C. The minimum absolute atomic E-state index is 0.0685. The lowest BCUT2D eigenvalue weighted by atomic mass is 9.73. The first-order valence-electron chi connectivity index (χ1n) is 11.9. The number of unbranched alkanes of at least 4 members (excludes halogenated alkanes) is 2. The van der Waals surface area contributed by atoms with Gasteiger partial charge in [-0.25, -0.2) is 0 Å². The summed E-state index contributed by atoms with van der Waals surface area (Å²) in [6.45, 7) is 12.8.